The summed E-state index contributed by atoms with van der Waals surface area (Å²) in [7, 11) is 0. The van der Waals surface area contributed by atoms with Crippen molar-refractivity contribution in [2.75, 3.05) is 0 Å². The van der Waals surface area contributed by atoms with Gasteiger partial charge in [0, 0.05) is 16.5 Å². The highest BCUT2D eigenvalue weighted by atomic mass is 16.1. The van der Waals surface area contributed by atoms with Crippen molar-refractivity contribution in [1.82, 2.24) is 9.55 Å². The molecule has 4 rings (SSSR count). The molecule has 0 fully saturated rings. The molecular weight excluding hydrogens is 272 g/mol. The van der Waals surface area contributed by atoms with Gasteiger partial charge in [0.05, 0.1) is 23.4 Å². The number of aromatic nitrogens is 2. The maximum Gasteiger partial charge on any atom is 0.254 e. The predicted octanol–water partition coefficient (Wildman–Crippen LogP) is 3.69. The predicted molar refractivity (Wildman–Crippen MR) is 89.3 cm³/mol. The normalized spacial score (nSPS) is 12.5. The van der Waals surface area contributed by atoms with Crippen LogP contribution >= 0.6 is 0 Å². The highest BCUT2D eigenvalue weighted by Gasteiger charge is 2.23. The van der Waals surface area contributed by atoms with E-state index in [1.165, 1.54) is 0 Å². The molecule has 3 heterocycles. The van der Waals surface area contributed by atoms with Crippen LogP contribution < -0.4 is 5.56 Å². The lowest BCUT2D eigenvalue weighted by Crippen LogP contribution is -2.22. The molecule has 0 N–H and O–H groups in total. The summed E-state index contributed by atoms with van der Waals surface area (Å²) in [5.74, 6) is 0. The number of pyridine rings is 2. The second kappa shape index (κ2) is 4.80. The van der Waals surface area contributed by atoms with Gasteiger partial charge in [0.2, 0.25) is 0 Å². The summed E-state index contributed by atoms with van der Waals surface area (Å²) in [6.45, 7) is 4.71. The molecule has 0 bridgehead atoms. The average Bonchev–Trinajstić information content (AvgIpc) is 2.88. The van der Waals surface area contributed by atoms with Crippen molar-refractivity contribution in [3.63, 3.8) is 0 Å². The van der Waals surface area contributed by atoms with Crippen LogP contribution in [0.15, 0.2) is 41.2 Å². The molecule has 3 aromatic rings. The molecule has 110 valence electrons. The van der Waals surface area contributed by atoms with E-state index >= 15 is 0 Å². The van der Waals surface area contributed by atoms with E-state index in [4.69, 9.17) is 4.98 Å². The first-order chi connectivity index (χ1) is 10.7. The first kappa shape index (κ1) is 13.3. The fraction of sp³-hybridized carbons (Fsp3) is 0.263. The third-order valence-corrected chi connectivity index (χ3v) is 4.54. The summed E-state index contributed by atoms with van der Waals surface area (Å²) in [4.78, 5) is 17.5. The van der Waals surface area contributed by atoms with E-state index in [1.807, 2.05) is 29.7 Å². The lowest BCUT2D eigenvalue weighted by molar-refractivity contribution is 0.782. The van der Waals surface area contributed by atoms with E-state index in [1.54, 1.807) is 0 Å². The van der Waals surface area contributed by atoms with Crippen molar-refractivity contribution in [2.45, 2.75) is 33.2 Å². The molecule has 3 heteroatoms. The number of para-hydroxylation sites is 1. The zero-order valence-electron chi connectivity index (χ0n) is 12.9. The Morgan fingerprint density at radius 1 is 1.23 bits per heavy atom. The Balaban J connectivity index is 2.00. The van der Waals surface area contributed by atoms with Crippen molar-refractivity contribution in [2.24, 2.45) is 0 Å². The molecule has 0 saturated heterocycles. The van der Waals surface area contributed by atoms with Crippen LogP contribution in [0, 0.1) is 6.92 Å². The first-order valence-corrected chi connectivity index (χ1v) is 7.81. The number of aryl methyl sites for hydroxylation is 1. The highest BCUT2D eigenvalue weighted by Crippen LogP contribution is 2.32. The molecule has 0 unspecified atom stereocenters. The quantitative estimate of drug-likeness (QED) is 0.564. The zero-order valence-corrected chi connectivity index (χ0v) is 12.9. The molecule has 3 nitrogen and oxygen atoms in total. The van der Waals surface area contributed by atoms with Crippen molar-refractivity contribution < 1.29 is 0 Å². The molecule has 0 radical (unpaired) electrons. The molecule has 1 aromatic carbocycles. The smallest absolute Gasteiger partial charge is 0.254 e. The summed E-state index contributed by atoms with van der Waals surface area (Å²) in [5.41, 5.74) is 6.23. The molecule has 0 aliphatic carbocycles. The van der Waals surface area contributed by atoms with Gasteiger partial charge in [-0.1, -0.05) is 31.5 Å². The van der Waals surface area contributed by atoms with Gasteiger partial charge in [-0.3, -0.25) is 4.79 Å². The van der Waals surface area contributed by atoms with Gasteiger partial charge in [0.25, 0.3) is 5.56 Å². The Morgan fingerprint density at radius 3 is 2.86 bits per heavy atom. The third kappa shape index (κ3) is 1.82. The minimum absolute atomic E-state index is 0.128. The molecular formula is C19H18N2O. The minimum atomic E-state index is 0.128. The number of fused-ring (bicyclic) bond motifs is 4. The Hall–Kier alpha value is -2.42. The van der Waals surface area contributed by atoms with Crippen LogP contribution in [0.1, 0.15) is 30.0 Å². The Morgan fingerprint density at radius 2 is 2.05 bits per heavy atom. The van der Waals surface area contributed by atoms with Gasteiger partial charge in [-0.2, -0.15) is 0 Å². The average molecular weight is 290 g/mol. The van der Waals surface area contributed by atoms with Crippen LogP contribution in [0.5, 0.6) is 0 Å². The van der Waals surface area contributed by atoms with E-state index in [2.05, 4.69) is 25.1 Å². The van der Waals surface area contributed by atoms with Crippen LogP contribution in [0.2, 0.25) is 0 Å². The van der Waals surface area contributed by atoms with Gasteiger partial charge in [-0.15, -0.1) is 0 Å². The number of nitrogens with zero attached hydrogens (tertiary/aromatic N) is 2. The summed E-state index contributed by atoms with van der Waals surface area (Å²) in [6.07, 6.45) is 1.99. The summed E-state index contributed by atoms with van der Waals surface area (Å²) >= 11 is 0. The number of hydrogen-bond donors (Lipinski definition) is 0. The van der Waals surface area contributed by atoms with Crippen LogP contribution in [-0.2, 0) is 13.0 Å². The van der Waals surface area contributed by atoms with Crippen molar-refractivity contribution in [3.05, 3.63) is 63.4 Å². The van der Waals surface area contributed by atoms with E-state index in [9.17, 15) is 4.79 Å². The van der Waals surface area contributed by atoms with Gasteiger partial charge in [-0.05, 0) is 37.1 Å². The molecule has 0 atom stereocenters. The second-order valence-corrected chi connectivity index (χ2v) is 6.01. The standard InChI is InChI=1S/C19H18N2O/c1-3-6-13-10-17-18-15(11-21(17)19(22)12(13)2)9-14-7-4-5-8-16(14)20-18/h4-5,7-10H,3,6,11H2,1-2H3. The van der Waals surface area contributed by atoms with E-state index < -0.39 is 0 Å². The number of hydrogen-bond acceptors (Lipinski definition) is 2. The van der Waals surface area contributed by atoms with E-state index in [-0.39, 0.29) is 5.56 Å². The van der Waals surface area contributed by atoms with Crippen LogP contribution in [0.4, 0.5) is 0 Å². The maximum atomic E-state index is 12.7. The van der Waals surface area contributed by atoms with Gasteiger partial charge >= 0.3 is 0 Å². The molecule has 0 saturated carbocycles. The zero-order chi connectivity index (χ0) is 15.3. The third-order valence-electron chi connectivity index (χ3n) is 4.54. The molecule has 2 aromatic heterocycles. The highest BCUT2D eigenvalue weighted by molar-refractivity contribution is 5.83. The lowest BCUT2D eigenvalue weighted by atomic mass is 10.0. The molecule has 1 aliphatic heterocycles. The maximum absolute atomic E-state index is 12.7. The lowest BCUT2D eigenvalue weighted by Gasteiger charge is -2.09. The van der Waals surface area contributed by atoms with E-state index in [0.717, 1.165) is 51.8 Å². The number of rotatable bonds is 2. The molecule has 0 amide bonds. The summed E-state index contributed by atoms with van der Waals surface area (Å²) < 4.78 is 1.87. The minimum Gasteiger partial charge on any atom is -0.302 e. The summed E-state index contributed by atoms with van der Waals surface area (Å²) in [5, 5.41) is 1.13. The fourth-order valence-electron chi connectivity index (χ4n) is 3.35. The number of benzene rings is 1. The van der Waals surface area contributed by atoms with Gasteiger partial charge in [-0.25, -0.2) is 4.98 Å². The van der Waals surface area contributed by atoms with E-state index in [0.29, 0.717) is 6.54 Å². The Bertz CT molecular complexity index is 954. The van der Waals surface area contributed by atoms with Gasteiger partial charge < -0.3 is 4.57 Å². The van der Waals surface area contributed by atoms with Crippen LogP contribution in [-0.4, -0.2) is 9.55 Å². The molecule has 0 spiro atoms. The van der Waals surface area contributed by atoms with Crippen molar-refractivity contribution in [1.29, 1.82) is 0 Å². The van der Waals surface area contributed by atoms with Crippen molar-refractivity contribution in [3.8, 4) is 11.4 Å². The van der Waals surface area contributed by atoms with Crippen molar-refractivity contribution >= 4 is 10.9 Å². The first-order valence-electron chi connectivity index (χ1n) is 7.81. The topological polar surface area (TPSA) is 34.9 Å². The van der Waals surface area contributed by atoms with Gasteiger partial charge in [0.15, 0.2) is 0 Å². The largest absolute Gasteiger partial charge is 0.302 e. The summed E-state index contributed by atoms with van der Waals surface area (Å²) in [6, 6.07) is 12.4. The Kier molecular flexibility index (Phi) is 2.89. The fourth-order valence-corrected chi connectivity index (χ4v) is 3.35. The van der Waals surface area contributed by atoms with Crippen LogP contribution in [0.3, 0.4) is 0 Å². The monoisotopic (exact) mass is 290 g/mol. The molecule has 22 heavy (non-hydrogen) atoms. The van der Waals surface area contributed by atoms with Gasteiger partial charge in [0.1, 0.15) is 0 Å². The molecule has 1 aliphatic rings. The van der Waals surface area contributed by atoms with Crippen LogP contribution in [0.25, 0.3) is 22.3 Å². The Labute approximate surface area is 129 Å². The SMILES string of the molecule is CCCc1cc2n(c(=O)c1C)Cc1cc3ccccc3nc1-2. The second-order valence-electron chi connectivity index (χ2n) is 6.01.